The van der Waals surface area contributed by atoms with Gasteiger partial charge in [-0.3, -0.25) is 9.63 Å². The van der Waals surface area contributed by atoms with E-state index in [1.165, 1.54) is 14.2 Å². The zero-order chi connectivity index (χ0) is 17.8. The monoisotopic (exact) mass is 339 g/mol. The summed E-state index contributed by atoms with van der Waals surface area (Å²) >= 11 is 0. The molecule has 0 aliphatic rings. The highest BCUT2D eigenvalue weighted by Crippen LogP contribution is 2.28. The Morgan fingerprint density at radius 2 is 2.00 bits per heavy atom. The lowest BCUT2D eigenvalue weighted by Gasteiger charge is -2.09. The Balaban J connectivity index is 2.53. The lowest BCUT2D eigenvalue weighted by atomic mass is 10.2. The third kappa shape index (κ3) is 7.12. The number of carbonyl (C=O) groups is 2. The quantitative estimate of drug-likeness (QED) is 0.316. The van der Waals surface area contributed by atoms with Gasteiger partial charge in [0.1, 0.15) is 6.54 Å². The Morgan fingerprint density at radius 1 is 1.21 bits per heavy atom. The van der Waals surface area contributed by atoms with E-state index in [-0.39, 0.29) is 25.5 Å². The first kappa shape index (κ1) is 19.5. The van der Waals surface area contributed by atoms with E-state index in [1.54, 1.807) is 37.3 Å². The zero-order valence-corrected chi connectivity index (χ0v) is 13.9. The molecule has 0 atom stereocenters. The minimum Gasteiger partial charge on any atom is -0.493 e. The molecule has 0 aromatic heterocycles. The zero-order valence-electron chi connectivity index (χ0n) is 13.9. The Hall–Kier alpha value is -2.58. The Kier molecular flexibility index (Phi) is 8.95. The SMILES string of the molecule is CCOC(=O)Oc1ccc(/C=C/CONCC(=O)OC)cc1OC. The fourth-order valence-electron chi connectivity index (χ4n) is 1.58. The number of nitrogens with one attached hydrogen (secondary N) is 1. The van der Waals surface area contributed by atoms with Crippen LogP contribution in [0.4, 0.5) is 4.79 Å². The number of carbonyl (C=O) groups excluding carboxylic acids is 2. The van der Waals surface area contributed by atoms with Crippen molar-refractivity contribution in [3.63, 3.8) is 0 Å². The lowest BCUT2D eigenvalue weighted by molar-refractivity contribution is -0.142. The van der Waals surface area contributed by atoms with Crippen molar-refractivity contribution in [2.45, 2.75) is 6.92 Å². The molecule has 0 saturated heterocycles. The predicted molar refractivity (Wildman–Crippen MR) is 85.6 cm³/mol. The number of hydrogen-bond acceptors (Lipinski definition) is 8. The van der Waals surface area contributed by atoms with Gasteiger partial charge in [0.25, 0.3) is 0 Å². The molecule has 1 N–H and O–H groups in total. The molecule has 1 aromatic rings. The molecule has 8 heteroatoms. The van der Waals surface area contributed by atoms with Gasteiger partial charge in [-0.2, -0.15) is 5.48 Å². The van der Waals surface area contributed by atoms with E-state index in [0.717, 1.165) is 5.56 Å². The minimum atomic E-state index is -0.788. The highest BCUT2D eigenvalue weighted by atomic mass is 16.7. The average molecular weight is 339 g/mol. The maximum absolute atomic E-state index is 11.3. The number of hydroxylamine groups is 1. The Labute approximate surface area is 140 Å². The van der Waals surface area contributed by atoms with Gasteiger partial charge >= 0.3 is 12.1 Å². The minimum absolute atomic E-state index is 0.0297. The number of benzene rings is 1. The summed E-state index contributed by atoms with van der Waals surface area (Å²) in [7, 11) is 2.77. The van der Waals surface area contributed by atoms with Gasteiger partial charge in [0, 0.05) is 0 Å². The molecule has 0 unspecified atom stereocenters. The third-order valence-electron chi connectivity index (χ3n) is 2.68. The molecule has 1 aromatic carbocycles. The molecule has 0 bridgehead atoms. The van der Waals surface area contributed by atoms with Gasteiger partial charge in [-0.15, -0.1) is 0 Å². The topological polar surface area (TPSA) is 92.3 Å². The molecule has 8 nitrogen and oxygen atoms in total. The van der Waals surface area contributed by atoms with Crippen molar-refractivity contribution in [2.24, 2.45) is 0 Å². The summed E-state index contributed by atoms with van der Waals surface area (Å²) in [5.74, 6) is 0.250. The maximum atomic E-state index is 11.3. The summed E-state index contributed by atoms with van der Waals surface area (Å²) in [5.41, 5.74) is 3.28. The van der Waals surface area contributed by atoms with Gasteiger partial charge in [-0.25, -0.2) is 4.79 Å². The average Bonchev–Trinajstić information content (AvgIpc) is 2.58. The van der Waals surface area contributed by atoms with Crippen LogP contribution in [0.3, 0.4) is 0 Å². The van der Waals surface area contributed by atoms with Crippen molar-refractivity contribution in [2.75, 3.05) is 34.0 Å². The summed E-state index contributed by atoms with van der Waals surface area (Å²) in [5, 5.41) is 0. The second-order valence-electron chi connectivity index (χ2n) is 4.31. The van der Waals surface area contributed by atoms with Gasteiger partial charge in [-0.1, -0.05) is 18.2 Å². The van der Waals surface area contributed by atoms with E-state index < -0.39 is 12.1 Å². The Bertz CT molecular complexity index is 572. The fourth-order valence-corrected chi connectivity index (χ4v) is 1.58. The van der Waals surface area contributed by atoms with Crippen molar-refractivity contribution in [1.82, 2.24) is 5.48 Å². The molecule has 0 aliphatic carbocycles. The summed E-state index contributed by atoms with van der Waals surface area (Å²) in [6.45, 7) is 2.14. The molecule has 0 saturated carbocycles. The number of rotatable bonds is 9. The standard InChI is InChI=1S/C16H21NO7/c1-4-22-16(19)24-13-8-7-12(10-14(13)20-2)6-5-9-23-17-11-15(18)21-3/h5-8,10,17H,4,9,11H2,1-3H3/b6-5+. The Morgan fingerprint density at radius 3 is 2.67 bits per heavy atom. The van der Waals surface area contributed by atoms with Crippen LogP contribution in [0.2, 0.25) is 0 Å². The smallest absolute Gasteiger partial charge is 0.493 e. The van der Waals surface area contributed by atoms with Gasteiger partial charge in [0.05, 0.1) is 27.4 Å². The number of hydrogen-bond donors (Lipinski definition) is 1. The van der Waals surface area contributed by atoms with Crippen LogP contribution < -0.4 is 15.0 Å². The van der Waals surface area contributed by atoms with Crippen LogP contribution in [0.5, 0.6) is 11.5 Å². The van der Waals surface area contributed by atoms with Crippen molar-refractivity contribution in [3.05, 3.63) is 29.8 Å². The summed E-state index contributed by atoms with van der Waals surface area (Å²) in [6.07, 6.45) is 2.74. The number of esters is 1. The number of ether oxygens (including phenoxy) is 4. The molecule has 0 fully saturated rings. The summed E-state index contributed by atoms with van der Waals surface area (Å²) < 4.78 is 19.4. The van der Waals surface area contributed by atoms with E-state index in [9.17, 15) is 9.59 Å². The second-order valence-corrected chi connectivity index (χ2v) is 4.31. The van der Waals surface area contributed by atoms with Crippen molar-refractivity contribution < 1.29 is 33.4 Å². The first-order chi connectivity index (χ1) is 11.6. The van der Waals surface area contributed by atoms with Crippen molar-refractivity contribution in [3.8, 4) is 11.5 Å². The molecule has 0 aliphatic heterocycles. The van der Waals surface area contributed by atoms with Crippen LogP contribution >= 0.6 is 0 Å². The van der Waals surface area contributed by atoms with E-state index in [0.29, 0.717) is 5.75 Å². The predicted octanol–water partition coefficient (Wildman–Crippen LogP) is 1.94. The molecule has 24 heavy (non-hydrogen) atoms. The normalized spacial score (nSPS) is 10.5. The van der Waals surface area contributed by atoms with Crippen LogP contribution in [0.15, 0.2) is 24.3 Å². The second kappa shape index (κ2) is 11.0. The summed E-state index contributed by atoms with van der Waals surface area (Å²) in [4.78, 5) is 27.2. The van der Waals surface area contributed by atoms with Gasteiger partial charge < -0.3 is 18.9 Å². The molecular formula is C16H21NO7. The number of methoxy groups -OCH3 is 2. The molecule has 1 rings (SSSR count). The van der Waals surface area contributed by atoms with Crippen LogP contribution in [0.1, 0.15) is 12.5 Å². The maximum Gasteiger partial charge on any atom is 0.513 e. The molecule has 0 radical (unpaired) electrons. The molecule has 132 valence electrons. The van der Waals surface area contributed by atoms with Gasteiger partial charge in [-0.05, 0) is 24.6 Å². The van der Waals surface area contributed by atoms with Gasteiger partial charge in [0.2, 0.25) is 0 Å². The summed E-state index contributed by atoms with van der Waals surface area (Å²) in [6, 6.07) is 5.05. The van der Waals surface area contributed by atoms with Crippen LogP contribution in [0.25, 0.3) is 6.08 Å². The highest BCUT2D eigenvalue weighted by molar-refractivity contribution is 5.71. The van der Waals surface area contributed by atoms with Gasteiger partial charge in [0.15, 0.2) is 11.5 Å². The fraction of sp³-hybridized carbons (Fsp3) is 0.375. The van der Waals surface area contributed by atoms with Crippen LogP contribution in [0, 0.1) is 0 Å². The van der Waals surface area contributed by atoms with E-state index in [2.05, 4.69) is 10.2 Å². The molecule has 0 amide bonds. The molecule has 0 heterocycles. The lowest BCUT2D eigenvalue weighted by Crippen LogP contribution is -2.24. The first-order valence-electron chi connectivity index (χ1n) is 7.21. The molecular weight excluding hydrogens is 318 g/mol. The first-order valence-corrected chi connectivity index (χ1v) is 7.21. The highest BCUT2D eigenvalue weighted by Gasteiger charge is 2.10. The van der Waals surface area contributed by atoms with E-state index in [1.807, 2.05) is 0 Å². The molecule has 0 spiro atoms. The third-order valence-corrected chi connectivity index (χ3v) is 2.68. The van der Waals surface area contributed by atoms with E-state index in [4.69, 9.17) is 19.0 Å². The van der Waals surface area contributed by atoms with E-state index >= 15 is 0 Å². The van der Waals surface area contributed by atoms with Crippen LogP contribution in [-0.4, -0.2) is 46.1 Å². The van der Waals surface area contributed by atoms with Crippen LogP contribution in [-0.2, 0) is 19.1 Å². The van der Waals surface area contributed by atoms with Crippen molar-refractivity contribution >= 4 is 18.2 Å². The largest absolute Gasteiger partial charge is 0.513 e. The van der Waals surface area contributed by atoms with Crippen molar-refractivity contribution in [1.29, 1.82) is 0 Å².